The predicted octanol–water partition coefficient (Wildman–Crippen LogP) is 3.40. The number of anilines is 2. The number of hydrogen-bond acceptors (Lipinski definition) is 2. The first-order chi connectivity index (χ1) is 9.69. The molecule has 3 N–H and O–H groups in total. The maximum atomic E-state index is 12.1. The molecule has 0 spiro atoms. The number of rotatable bonds is 5. The van der Waals surface area contributed by atoms with Crippen LogP contribution in [0.25, 0.3) is 0 Å². The predicted molar refractivity (Wildman–Crippen MR) is 83.6 cm³/mol. The molecule has 0 heterocycles. The SMILES string of the molecule is CCCc1ccccc1NC(=O)Cc1cccc(N)c1. The minimum Gasteiger partial charge on any atom is -0.399 e. The number of nitrogen functional groups attached to an aromatic ring is 1. The third kappa shape index (κ3) is 3.85. The van der Waals surface area contributed by atoms with Crippen LogP contribution in [0.4, 0.5) is 11.4 Å². The molecule has 104 valence electrons. The number of aryl methyl sites for hydroxylation is 1. The van der Waals surface area contributed by atoms with E-state index in [9.17, 15) is 4.79 Å². The van der Waals surface area contributed by atoms with E-state index in [-0.39, 0.29) is 5.91 Å². The summed E-state index contributed by atoms with van der Waals surface area (Å²) < 4.78 is 0. The molecule has 0 saturated carbocycles. The van der Waals surface area contributed by atoms with E-state index in [4.69, 9.17) is 5.73 Å². The number of hydrogen-bond donors (Lipinski definition) is 2. The fourth-order valence-electron chi connectivity index (χ4n) is 2.21. The van der Waals surface area contributed by atoms with Crippen molar-refractivity contribution in [3.63, 3.8) is 0 Å². The van der Waals surface area contributed by atoms with E-state index in [0.717, 1.165) is 24.1 Å². The van der Waals surface area contributed by atoms with E-state index < -0.39 is 0 Å². The van der Waals surface area contributed by atoms with Crippen LogP contribution in [0.1, 0.15) is 24.5 Å². The van der Waals surface area contributed by atoms with Gasteiger partial charge < -0.3 is 11.1 Å². The summed E-state index contributed by atoms with van der Waals surface area (Å²) in [5.74, 6) is -0.0147. The second-order valence-corrected chi connectivity index (χ2v) is 4.88. The van der Waals surface area contributed by atoms with Crippen molar-refractivity contribution in [2.45, 2.75) is 26.2 Å². The van der Waals surface area contributed by atoms with Crippen LogP contribution in [0, 0.1) is 0 Å². The molecule has 2 aromatic carbocycles. The molecule has 0 unspecified atom stereocenters. The number of nitrogens with two attached hydrogens (primary N) is 1. The van der Waals surface area contributed by atoms with E-state index >= 15 is 0 Å². The van der Waals surface area contributed by atoms with Gasteiger partial charge in [0.15, 0.2) is 0 Å². The molecule has 0 aliphatic carbocycles. The molecule has 0 fully saturated rings. The molecule has 0 aromatic heterocycles. The Morgan fingerprint density at radius 3 is 2.70 bits per heavy atom. The van der Waals surface area contributed by atoms with Crippen molar-refractivity contribution < 1.29 is 4.79 Å². The fourth-order valence-corrected chi connectivity index (χ4v) is 2.21. The van der Waals surface area contributed by atoms with Crippen molar-refractivity contribution in [3.05, 3.63) is 59.7 Å². The average Bonchev–Trinajstić information content (AvgIpc) is 2.41. The molecule has 1 amide bonds. The first-order valence-electron chi connectivity index (χ1n) is 6.91. The smallest absolute Gasteiger partial charge is 0.228 e. The minimum absolute atomic E-state index is 0.0147. The molecule has 0 aliphatic rings. The lowest BCUT2D eigenvalue weighted by molar-refractivity contribution is -0.115. The van der Waals surface area contributed by atoms with Crippen LogP contribution in [0.2, 0.25) is 0 Å². The van der Waals surface area contributed by atoms with Crippen LogP contribution in [0.3, 0.4) is 0 Å². The molecule has 3 heteroatoms. The topological polar surface area (TPSA) is 55.1 Å². The first kappa shape index (κ1) is 14.1. The molecule has 20 heavy (non-hydrogen) atoms. The molecule has 2 rings (SSSR count). The Morgan fingerprint density at radius 1 is 1.15 bits per heavy atom. The first-order valence-corrected chi connectivity index (χ1v) is 6.91. The summed E-state index contributed by atoms with van der Waals surface area (Å²) in [6, 6.07) is 15.4. The third-order valence-corrected chi connectivity index (χ3v) is 3.13. The van der Waals surface area contributed by atoms with Crippen molar-refractivity contribution in [1.29, 1.82) is 0 Å². The van der Waals surface area contributed by atoms with Crippen LogP contribution >= 0.6 is 0 Å². The van der Waals surface area contributed by atoms with Crippen LogP contribution in [-0.2, 0) is 17.6 Å². The maximum absolute atomic E-state index is 12.1. The summed E-state index contributed by atoms with van der Waals surface area (Å²) in [4.78, 5) is 12.1. The van der Waals surface area contributed by atoms with E-state index in [0.29, 0.717) is 12.1 Å². The number of carbonyl (C=O) groups is 1. The molecular formula is C17H20N2O. The number of carbonyl (C=O) groups excluding carboxylic acids is 1. The number of amides is 1. The highest BCUT2D eigenvalue weighted by atomic mass is 16.1. The van der Waals surface area contributed by atoms with Gasteiger partial charge in [-0.05, 0) is 35.7 Å². The van der Waals surface area contributed by atoms with E-state index in [1.54, 1.807) is 0 Å². The maximum Gasteiger partial charge on any atom is 0.228 e. The van der Waals surface area contributed by atoms with Gasteiger partial charge in [0.2, 0.25) is 5.91 Å². The zero-order chi connectivity index (χ0) is 14.4. The van der Waals surface area contributed by atoms with Crippen molar-refractivity contribution in [3.8, 4) is 0 Å². The monoisotopic (exact) mass is 268 g/mol. The lowest BCUT2D eigenvalue weighted by atomic mass is 10.1. The quantitative estimate of drug-likeness (QED) is 0.816. The molecule has 3 nitrogen and oxygen atoms in total. The summed E-state index contributed by atoms with van der Waals surface area (Å²) >= 11 is 0. The van der Waals surface area contributed by atoms with Crippen LogP contribution in [-0.4, -0.2) is 5.91 Å². The van der Waals surface area contributed by atoms with Gasteiger partial charge in [-0.3, -0.25) is 4.79 Å². The second-order valence-electron chi connectivity index (χ2n) is 4.88. The standard InChI is InChI=1S/C17H20N2O/c1-2-6-14-8-3-4-10-16(14)19-17(20)12-13-7-5-9-15(18)11-13/h3-5,7-11H,2,6,12,18H2,1H3,(H,19,20). The van der Waals surface area contributed by atoms with Crippen LogP contribution < -0.4 is 11.1 Å². The zero-order valence-electron chi connectivity index (χ0n) is 11.7. The van der Waals surface area contributed by atoms with Gasteiger partial charge in [0.25, 0.3) is 0 Å². The molecule has 2 aromatic rings. The Balaban J connectivity index is 2.05. The molecule has 0 atom stereocenters. The highest BCUT2D eigenvalue weighted by molar-refractivity contribution is 5.93. The third-order valence-electron chi connectivity index (χ3n) is 3.13. The van der Waals surface area contributed by atoms with Gasteiger partial charge in [-0.15, -0.1) is 0 Å². The van der Waals surface area contributed by atoms with E-state index in [2.05, 4.69) is 18.3 Å². The lowest BCUT2D eigenvalue weighted by Crippen LogP contribution is -2.15. The summed E-state index contributed by atoms with van der Waals surface area (Å²) in [5, 5.41) is 2.98. The molecule has 0 aliphatic heterocycles. The highest BCUT2D eigenvalue weighted by Crippen LogP contribution is 2.17. The van der Waals surface area contributed by atoms with Crippen molar-refractivity contribution >= 4 is 17.3 Å². The minimum atomic E-state index is -0.0147. The van der Waals surface area contributed by atoms with Gasteiger partial charge in [0.05, 0.1) is 6.42 Å². The Kier molecular flexibility index (Phi) is 4.77. The van der Waals surface area contributed by atoms with Crippen LogP contribution in [0.15, 0.2) is 48.5 Å². The number of benzene rings is 2. The van der Waals surface area contributed by atoms with E-state index in [1.165, 1.54) is 5.56 Å². The zero-order valence-corrected chi connectivity index (χ0v) is 11.7. The summed E-state index contributed by atoms with van der Waals surface area (Å²) in [5.41, 5.74) is 9.41. The van der Waals surface area contributed by atoms with Gasteiger partial charge in [-0.25, -0.2) is 0 Å². The van der Waals surface area contributed by atoms with Crippen molar-refractivity contribution in [2.75, 3.05) is 11.1 Å². The van der Waals surface area contributed by atoms with Crippen molar-refractivity contribution in [2.24, 2.45) is 0 Å². The largest absolute Gasteiger partial charge is 0.399 e. The molecular weight excluding hydrogens is 248 g/mol. The fraction of sp³-hybridized carbons (Fsp3) is 0.235. The van der Waals surface area contributed by atoms with Gasteiger partial charge in [-0.1, -0.05) is 43.7 Å². The summed E-state index contributed by atoms with van der Waals surface area (Å²) in [6.45, 7) is 2.13. The lowest BCUT2D eigenvalue weighted by Gasteiger charge is -2.10. The Hall–Kier alpha value is -2.29. The van der Waals surface area contributed by atoms with Gasteiger partial charge in [0, 0.05) is 11.4 Å². The summed E-state index contributed by atoms with van der Waals surface area (Å²) in [6.07, 6.45) is 2.36. The summed E-state index contributed by atoms with van der Waals surface area (Å²) in [7, 11) is 0. The number of nitrogens with one attached hydrogen (secondary N) is 1. The Bertz CT molecular complexity index is 593. The molecule has 0 saturated heterocycles. The number of para-hydroxylation sites is 1. The normalized spacial score (nSPS) is 10.2. The van der Waals surface area contributed by atoms with Gasteiger partial charge in [-0.2, -0.15) is 0 Å². The van der Waals surface area contributed by atoms with Gasteiger partial charge in [0.1, 0.15) is 0 Å². The molecule has 0 bridgehead atoms. The van der Waals surface area contributed by atoms with Crippen LogP contribution in [0.5, 0.6) is 0 Å². The van der Waals surface area contributed by atoms with E-state index in [1.807, 2.05) is 42.5 Å². The molecule has 0 radical (unpaired) electrons. The van der Waals surface area contributed by atoms with Crippen molar-refractivity contribution in [1.82, 2.24) is 0 Å². The highest BCUT2D eigenvalue weighted by Gasteiger charge is 2.07. The van der Waals surface area contributed by atoms with Gasteiger partial charge >= 0.3 is 0 Å². The average molecular weight is 268 g/mol. The Morgan fingerprint density at radius 2 is 1.95 bits per heavy atom. The second kappa shape index (κ2) is 6.75. The Labute approximate surface area is 119 Å².